The van der Waals surface area contributed by atoms with Gasteiger partial charge in [-0.1, -0.05) is 24.6 Å². The molecule has 0 bridgehead atoms. The maximum atomic E-state index is 8.71. The third-order valence-electron chi connectivity index (χ3n) is 1.74. The fourth-order valence-electron chi connectivity index (χ4n) is 0.764. The lowest BCUT2D eigenvalue weighted by Crippen LogP contribution is -1.82. The molecule has 0 rings (SSSR count). The Labute approximate surface area is 69.0 Å². The standard InChI is InChI=1S/C10H15N/c1-4-6-7-10(8-11)9(3)5-2/h4,6H,5,7H2,1-3H3/b6-4+,10-9-. The second-order valence-corrected chi connectivity index (χ2v) is 2.50. The predicted octanol–water partition coefficient (Wildman–Crippen LogP) is 3.20. The molecule has 1 nitrogen and oxygen atoms in total. The summed E-state index contributed by atoms with van der Waals surface area (Å²) in [5, 5.41) is 8.71. The van der Waals surface area contributed by atoms with Gasteiger partial charge in [0.2, 0.25) is 0 Å². The first kappa shape index (κ1) is 9.97. The molecule has 0 saturated heterocycles. The zero-order valence-electron chi connectivity index (χ0n) is 7.52. The molecule has 0 heterocycles. The lowest BCUT2D eigenvalue weighted by molar-refractivity contribution is 1.05. The van der Waals surface area contributed by atoms with Gasteiger partial charge in [0.25, 0.3) is 0 Å². The zero-order chi connectivity index (χ0) is 8.69. The van der Waals surface area contributed by atoms with Crippen molar-refractivity contribution in [2.24, 2.45) is 0 Å². The summed E-state index contributed by atoms with van der Waals surface area (Å²) in [6.45, 7) is 6.06. The van der Waals surface area contributed by atoms with Crippen LogP contribution in [0.5, 0.6) is 0 Å². The Morgan fingerprint density at radius 2 is 2.18 bits per heavy atom. The highest BCUT2D eigenvalue weighted by Crippen LogP contribution is 2.10. The SMILES string of the molecule is C/C=C/C/C(C#N)=C(\C)CC. The van der Waals surface area contributed by atoms with E-state index >= 15 is 0 Å². The van der Waals surface area contributed by atoms with Crippen LogP contribution in [-0.4, -0.2) is 0 Å². The van der Waals surface area contributed by atoms with E-state index in [1.807, 2.05) is 26.0 Å². The van der Waals surface area contributed by atoms with Gasteiger partial charge in [-0.2, -0.15) is 5.26 Å². The number of hydrogen-bond donors (Lipinski definition) is 0. The molecular weight excluding hydrogens is 134 g/mol. The molecular formula is C10H15N. The van der Waals surface area contributed by atoms with Gasteiger partial charge in [0.1, 0.15) is 0 Å². The van der Waals surface area contributed by atoms with Crippen LogP contribution in [0, 0.1) is 11.3 Å². The molecule has 0 saturated carbocycles. The Morgan fingerprint density at radius 3 is 2.55 bits per heavy atom. The van der Waals surface area contributed by atoms with Crippen molar-refractivity contribution in [3.8, 4) is 6.07 Å². The Bertz CT molecular complexity index is 203. The van der Waals surface area contributed by atoms with Gasteiger partial charge in [0, 0.05) is 12.0 Å². The topological polar surface area (TPSA) is 23.8 Å². The summed E-state index contributed by atoms with van der Waals surface area (Å²) >= 11 is 0. The molecule has 0 fully saturated rings. The Kier molecular flexibility index (Phi) is 5.20. The van der Waals surface area contributed by atoms with Gasteiger partial charge in [0.05, 0.1) is 6.07 Å². The number of rotatable bonds is 3. The van der Waals surface area contributed by atoms with Crippen molar-refractivity contribution in [1.82, 2.24) is 0 Å². The average molecular weight is 149 g/mol. The molecule has 11 heavy (non-hydrogen) atoms. The van der Waals surface area contributed by atoms with Gasteiger partial charge in [0.15, 0.2) is 0 Å². The average Bonchev–Trinajstić information content (AvgIpc) is 2.05. The van der Waals surface area contributed by atoms with Crippen LogP contribution in [0.2, 0.25) is 0 Å². The monoisotopic (exact) mass is 149 g/mol. The van der Waals surface area contributed by atoms with E-state index in [0.717, 1.165) is 18.4 Å². The van der Waals surface area contributed by atoms with E-state index in [9.17, 15) is 0 Å². The van der Waals surface area contributed by atoms with Gasteiger partial charge >= 0.3 is 0 Å². The predicted molar refractivity (Wildman–Crippen MR) is 48.0 cm³/mol. The smallest absolute Gasteiger partial charge is 0.0949 e. The van der Waals surface area contributed by atoms with Gasteiger partial charge in [-0.05, 0) is 20.3 Å². The molecule has 0 spiro atoms. The highest BCUT2D eigenvalue weighted by molar-refractivity contribution is 5.28. The van der Waals surface area contributed by atoms with Crippen molar-refractivity contribution < 1.29 is 0 Å². The maximum Gasteiger partial charge on any atom is 0.0949 e. The normalized spacial score (nSPS) is 12.9. The summed E-state index contributed by atoms with van der Waals surface area (Å²) in [6.07, 6.45) is 5.74. The molecule has 0 radical (unpaired) electrons. The molecule has 60 valence electrons. The number of nitrogens with zero attached hydrogens (tertiary/aromatic N) is 1. The van der Waals surface area contributed by atoms with Crippen LogP contribution in [-0.2, 0) is 0 Å². The van der Waals surface area contributed by atoms with Crippen LogP contribution in [0.3, 0.4) is 0 Å². The Morgan fingerprint density at radius 1 is 1.55 bits per heavy atom. The number of allylic oxidation sites excluding steroid dienone is 4. The molecule has 0 aromatic heterocycles. The molecule has 0 N–H and O–H groups in total. The number of hydrogen-bond acceptors (Lipinski definition) is 1. The van der Waals surface area contributed by atoms with E-state index in [4.69, 9.17) is 5.26 Å². The quantitative estimate of drug-likeness (QED) is 0.446. The summed E-state index contributed by atoms with van der Waals surface area (Å²) in [4.78, 5) is 0. The first-order chi connectivity index (χ1) is 5.26. The summed E-state index contributed by atoms with van der Waals surface area (Å²) < 4.78 is 0. The largest absolute Gasteiger partial charge is 0.193 e. The fourth-order valence-corrected chi connectivity index (χ4v) is 0.764. The molecule has 0 aromatic rings. The Hall–Kier alpha value is -1.03. The van der Waals surface area contributed by atoms with Gasteiger partial charge < -0.3 is 0 Å². The summed E-state index contributed by atoms with van der Waals surface area (Å²) in [5.41, 5.74) is 2.11. The molecule has 0 aliphatic heterocycles. The highest BCUT2D eigenvalue weighted by Gasteiger charge is 1.96. The van der Waals surface area contributed by atoms with Gasteiger partial charge in [-0.3, -0.25) is 0 Å². The second kappa shape index (κ2) is 5.73. The molecule has 0 atom stereocenters. The molecule has 1 heteroatoms. The minimum atomic E-state index is 0.784. The van der Waals surface area contributed by atoms with Gasteiger partial charge in [-0.25, -0.2) is 0 Å². The second-order valence-electron chi connectivity index (χ2n) is 2.50. The van der Waals surface area contributed by atoms with Crippen molar-refractivity contribution in [3.05, 3.63) is 23.3 Å². The third-order valence-corrected chi connectivity index (χ3v) is 1.74. The first-order valence-corrected chi connectivity index (χ1v) is 3.96. The molecule has 0 unspecified atom stereocenters. The van der Waals surface area contributed by atoms with E-state index < -0.39 is 0 Å². The van der Waals surface area contributed by atoms with Crippen molar-refractivity contribution in [2.75, 3.05) is 0 Å². The Balaban J connectivity index is 4.30. The van der Waals surface area contributed by atoms with Crippen LogP contribution < -0.4 is 0 Å². The van der Waals surface area contributed by atoms with E-state index in [0.29, 0.717) is 0 Å². The van der Waals surface area contributed by atoms with E-state index in [2.05, 4.69) is 13.0 Å². The molecule has 0 aliphatic rings. The summed E-state index contributed by atoms with van der Waals surface area (Å²) in [7, 11) is 0. The van der Waals surface area contributed by atoms with Crippen LogP contribution in [0.4, 0.5) is 0 Å². The van der Waals surface area contributed by atoms with Gasteiger partial charge in [-0.15, -0.1) is 0 Å². The maximum absolute atomic E-state index is 8.71. The van der Waals surface area contributed by atoms with Crippen LogP contribution in [0.15, 0.2) is 23.3 Å². The summed E-state index contributed by atoms with van der Waals surface area (Å²) in [6, 6.07) is 2.22. The molecule has 0 aliphatic carbocycles. The lowest BCUT2D eigenvalue weighted by atomic mass is 10.1. The molecule has 0 aromatic carbocycles. The van der Waals surface area contributed by atoms with E-state index in [-0.39, 0.29) is 0 Å². The van der Waals surface area contributed by atoms with Crippen molar-refractivity contribution >= 4 is 0 Å². The number of nitriles is 1. The van der Waals surface area contributed by atoms with Crippen molar-refractivity contribution in [3.63, 3.8) is 0 Å². The third kappa shape index (κ3) is 3.62. The zero-order valence-corrected chi connectivity index (χ0v) is 7.52. The van der Waals surface area contributed by atoms with E-state index in [1.54, 1.807) is 0 Å². The minimum Gasteiger partial charge on any atom is -0.193 e. The van der Waals surface area contributed by atoms with Crippen molar-refractivity contribution in [2.45, 2.75) is 33.6 Å². The molecule has 0 amide bonds. The summed E-state index contributed by atoms with van der Waals surface area (Å²) in [5.74, 6) is 0. The van der Waals surface area contributed by atoms with Crippen molar-refractivity contribution in [1.29, 1.82) is 5.26 Å². The fraction of sp³-hybridized carbons (Fsp3) is 0.500. The van der Waals surface area contributed by atoms with Crippen LogP contribution >= 0.6 is 0 Å². The van der Waals surface area contributed by atoms with Crippen LogP contribution in [0.1, 0.15) is 33.6 Å². The highest BCUT2D eigenvalue weighted by atomic mass is 14.2. The van der Waals surface area contributed by atoms with E-state index in [1.165, 1.54) is 5.57 Å². The van der Waals surface area contributed by atoms with Crippen LogP contribution in [0.25, 0.3) is 0 Å². The minimum absolute atomic E-state index is 0.784. The first-order valence-electron chi connectivity index (χ1n) is 3.96. The lowest BCUT2D eigenvalue weighted by Gasteiger charge is -1.97.